The summed E-state index contributed by atoms with van der Waals surface area (Å²) in [5.74, 6) is -2.98. The second-order valence-electron chi connectivity index (χ2n) is 13.6. The average Bonchev–Trinajstić information content (AvgIpc) is 3.83. The van der Waals surface area contributed by atoms with E-state index < -0.39 is 29.6 Å². The lowest BCUT2D eigenvalue weighted by Crippen LogP contribution is -2.55. The van der Waals surface area contributed by atoms with Gasteiger partial charge in [-0.3, -0.25) is 14.4 Å². The molecule has 12 heteroatoms. The molecule has 4 atom stereocenters. The molecule has 0 bridgehead atoms. The standard InChI is InChI=1S/C37H44N4O3.C2HF3O2/c38-30-19-10-20-31(25-30)39-35(43)32-21-11-24-41(32)36(44)33-22-12-23-40(33)34(42)26-37(27-13-4-1-5-14-27,28-15-6-2-7-16-28)29-17-8-3-9-18-29;3-2(4,5)1(6)7/h1-9,13-18,30-33H,10-12,19-26,38H2,(H,39,43);(H,6,7)/t30?,31?,32-,33+;/m1./s1. The van der Waals surface area contributed by atoms with Gasteiger partial charge in [0.05, 0.1) is 5.41 Å². The Morgan fingerprint density at radius 3 is 1.65 bits per heavy atom. The molecule has 6 rings (SSSR count). The van der Waals surface area contributed by atoms with Crippen molar-refractivity contribution >= 4 is 23.7 Å². The number of amides is 3. The second-order valence-corrected chi connectivity index (χ2v) is 13.6. The van der Waals surface area contributed by atoms with Crippen LogP contribution in [0.25, 0.3) is 0 Å². The van der Waals surface area contributed by atoms with Crippen LogP contribution in [0.2, 0.25) is 0 Å². The van der Waals surface area contributed by atoms with Gasteiger partial charge in [0.2, 0.25) is 17.7 Å². The zero-order valence-electron chi connectivity index (χ0n) is 28.4. The molecular weight excluding hydrogens is 661 g/mol. The Bertz CT molecular complexity index is 1540. The molecular formula is C39H45F3N4O5. The summed E-state index contributed by atoms with van der Waals surface area (Å²) >= 11 is 0. The van der Waals surface area contributed by atoms with Gasteiger partial charge in [0, 0.05) is 31.6 Å². The van der Waals surface area contributed by atoms with Crippen LogP contribution in [-0.2, 0) is 24.6 Å². The van der Waals surface area contributed by atoms with Crippen LogP contribution in [0.4, 0.5) is 13.2 Å². The maximum absolute atomic E-state index is 14.5. The van der Waals surface area contributed by atoms with Crippen molar-refractivity contribution in [2.24, 2.45) is 5.73 Å². The van der Waals surface area contributed by atoms with Gasteiger partial charge in [0.1, 0.15) is 12.1 Å². The highest BCUT2D eigenvalue weighted by molar-refractivity contribution is 5.93. The summed E-state index contributed by atoms with van der Waals surface area (Å²) in [5.41, 5.74) is 8.53. The molecule has 2 saturated heterocycles. The molecule has 2 unspecified atom stereocenters. The van der Waals surface area contributed by atoms with Gasteiger partial charge in [-0.2, -0.15) is 13.2 Å². The first kappa shape index (κ1) is 37.5. The summed E-state index contributed by atoms with van der Waals surface area (Å²) in [7, 11) is 0. The number of likely N-dealkylation sites (tertiary alicyclic amines) is 2. The first-order chi connectivity index (χ1) is 24.4. The Kier molecular flexibility index (Phi) is 12.2. The lowest BCUT2D eigenvalue weighted by Gasteiger charge is -2.38. The number of hydrogen-bond donors (Lipinski definition) is 3. The number of halogens is 3. The van der Waals surface area contributed by atoms with E-state index in [1.807, 2.05) is 54.6 Å². The highest BCUT2D eigenvalue weighted by Gasteiger charge is 2.45. The third-order valence-electron chi connectivity index (χ3n) is 10.2. The first-order valence-electron chi connectivity index (χ1n) is 17.5. The van der Waals surface area contributed by atoms with E-state index in [0.29, 0.717) is 25.9 Å². The second kappa shape index (κ2) is 16.5. The number of carbonyl (C=O) groups is 4. The highest BCUT2D eigenvalue weighted by atomic mass is 19.4. The summed E-state index contributed by atoms with van der Waals surface area (Å²) in [5, 5.41) is 10.3. The van der Waals surface area contributed by atoms with Crippen LogP contribution in [0.15, 0.2) is 91.0 Å². The van der Waals surface area contributed by atoms with Gasteiger partial charge < -0.3 is 26.0 Å². The number of carbonyl (C=O) groups excluding carboxylic acids is 3. The van der Waals surface area contributed by atoms with E-state index in [9.17, 15) is 27.6 Å². The zero-order chi connectivity index (χ0) is 36.6. The molecule has 0 radical (unpaired) electrons. The van der Waals surface area contributed by atoms with Crippen LogP contribution >= 0.6 is 0 Å². The normalized spacial score (nSPS) is 22.1. The Morgan fingerprint density at radius 1 is 0.706 bits per heavy atom. The van der Waals surface area contributed by atoms with Crippen molar-refractivity contribution in [3.05, 3.63) is 108 Å². The molecule has 3 amide bonds. The highest BCUT2D eigenvalue weighted by Crippen LogP contribution is 2.43. The number of aliphatic carboxylic acids is 1. The van der Waals surface area contributed by atoms with Crippen LogP contribution in [-0.4, -0.2) is 82.0 Å². The van der Waals surface area contributed by atoms with Gasteiger partial charge in [-0.05, 0) is 68.1 Å². The van der Waals surface area contributed by atoms with Crippen molar-refractivity contribution in [2.45, 2.75) is 93.5 Å². The Balaban J connectivity index is 0.000000654. The maximum Gasteiger partial charge on any atom is 0.490 e. The van der Waals surface area contributed by atoms with Gasteiger partial charge in [0.25, 0.3) is 0 Å². The van der Waals surface area contributed by atoms with Gasteiger partial charge >= 0.3 is 12.1 Å². The van der Waals surface area contributed by atoms with Crippen LogP contribution < -0.4 is 11.1 Å². The van der Waals surface area contributed by atoms with E-state index in [-0.39, 0.29) is 36.2 Å². The first-order valence-corrected chi connectivity index (χ1v) is 17.5. The lowest BCUT2D eigenvalue weighted by molar-refractivity contribution is -0.192. The molecule has 4 N–H and O–H groups in total. The molecule has 1 saturated carbocycles. The fraction of sp³-hybridized carbons (Fsp3) is 0.436. The number of nitrogens with zero attached hydrogens (tertiary/aromatic N) is 2. The number of carboxylic acid groups (broad SMARTS) is 1. The Labute approximate surface area is 296 Å². The van der Waals surface area contributed by atoms with Crippen LogP contribution in [0.3, 0.4) is 0 Å². The SMILES string of the molecule is NC1CCCC(NC(=O)[C@H]2CCCN2C(=O)[C@@H]2CCCN2C(=O)CC(c2ccccc2)(c2ccccc2)c2ccccc2)C1.O=C(O)C(F)(F)F. The Hall–Kier alpha value is -4.71. The number of benzene rings is 3. The van der Waals surface area contributed by atoms with Crippen molar-refractivity contribution in [3.8, 4) is 0 Å². The molecule has 0 spiro atoms. The smallest absolute Gasteiger partial charge is 0.475 e. The number of alkyl halides is 3. The van der Waals surface area contributed by atoms with Crippen LogP contribution in [0, 0.1) is 0 Å². The van der Waals surface area contributed by atoms with Crippen molar-refractivity contribution in [3.63, 3.8) is 0 Å². The number of nitrogens with two attached hydrogens (primary N) is 1. The quantitative estimate of drug-likeness (QED) is 0.269. The molecule has 2 heterocycles. The molecule has 2 aliphatic heterocycles. The fourth-order valence-corrected chi connectivity index (χ4v) is 7.78. The molecule has 3 fully saturated rings. The van der Waals surface area contributed by atoms with E-state index >= 15 is 0 Å². The van der Waals surface area contributed by atoms with E-state index in [1.54, 1.807) is 9.80 Å². The number of rotatable bonds is 8. The van der Waals surface area contributed by atoms with Crippen LogP contribution in [0.1, 0.15) is 74.5 Å². The maximum atomic E-state index is 14.5. The van der Waals surface area contributed by atoms with E-state index in [1.165, 1.54) is 0 Å². The number of carboxylic acids is 1. The van der Waals surface area contributed by atoms with E-state index in [0.717, 1.165) is 55.2 Å². The van der Waals surface area contributed by atoms with Crippen molar-refractivity contribution < 1.29 is 37.5 Å². The molecule has 1 aliphatic carbocycles. The molecule has 3 aliphatic rings. The van der Waals surface area contributed by atoms with Gasteiger partial charge in [-0.25, -0.2) is 4.79 Å². The summed E-state index contributed by atoms with van der Waals surface area (Å²) in [4.78, 5) is 54.4. The minimum absolute atomic E-state index is 0.0474. The summed E-state index contributed by atoms with van der Waals surface area (Å²) in [6.45, 7) is 1.08. The van der Waals surface area contributed by atoms with Crippen LogP contribution in [0.5, 0.6) is 0 Å². The minimum Gasteiger partial charge on any atom is -0.475 e. The molecule has 272 valence electrons. The fourth-order valence-electron chi connectivity index (χ4n) is 7.78. The molecule has 3 aromatic carbocycles. The molecule has 3 aromatic rings. The largest absolute Gasteiger partial charge is 0.490 e. The summed E-state index contributed by atoms with van der Waals surface area (Å²) in [6.07, 6.45) is 1.63. The van der Waals surface area contributed by atoms with Gasteiger partial charge in [-0.15, -0.1) is 0 Å². The van der Waals surface area contributed by atoms with Crippen molar-refractivity contribution in [1.82, 2.24) is 15.1 Å². The molecule has 0 aromatic heterocycles. The Morgan fingerprint density at radius 2 is 1.18 bits per heavy atom. The van der Waals surface area contributed by atoms with Gasteiger partial charge in [-0.1, -0.05) is 91.0 Å². The zero-order valence-corrected chi connectivity index (χ0v) is 28.4. The molecule has 51 heavy (non-hydrogen) atoms. The summed E-state index contributed by atoms with van der Waals surface area (Å²) in [6, 6.07) is 29.7. The topological polar surface area (TPSA) is 133 Å². The third-order valence-corrected chi connectivity index (χ3v) is 10.2. The van der Waals surface area contributed by atoms with E-state index in [4.69, 9.17) is 15.6 Å². The predicted molar refractivity (Wildman–Crippen MR) is 185 cm³/mol. The third kappa shape index (κ3) is 8.79. The average molecular weight is 707 g/mol. The minimum atomic E-state index is -5.08. The van der Waals surface area contributed by atoms with E-state index in [2.05, 4.69) is 41.7 Å². The monoisotopic (exact) mass is 706 g/mol. The van der Waals surface area contributed by atoms with Crippen molar-refractivity contribution in [2.75, 3.05) is 13.1 Å². The van der Waals surface area contributed by atoms with Crippen molar-refractivity contribution in [1.29, 1.82) is 0 Å². The lowest BCUT2D eigenvalue weighted by atomic mass is 9.67. The summed E-state index contributed by atoms with van der Waals surface area (Å²) < 4.78 is 31.7. The number of hydrogen-bond acceptors (Lipinski definition) is 5. The predicted octanol–water partition coefficient (Wildman–Crippen LogP) is 5.41. The molecule has 9 nitrogen and oxygen atoms in total. The number of nitrogens with one attached hydrogen (secondary N) is 1. The van der Waals surface area contributed by atoms with Gasteiger partial charge in [0.15, 0.2) is 0 Å².